The first-order valence-corrected chi connectivity index (χ1v) is 8.21. The number of hydrogen-bond donors (Lipinski definition) is 2. The molecular weight excluding hydrogens is 325 g/mol. The fourth-order valence-electron chi connectivity index (χ4n) is 3.89. The van der Waals surface area contributed by atoms with Gasteiger partial charge in [0.05, 0.1) is 5.41 Å². The molecule has 2 aliphatic rings. The van der Waals surface area contributed by atoms with Gasteiger partial charge in [-0.05, 0) is 30.6 Å². The van der Waals surface area contributed by atoms with Crippen LogP contribution >= 0.6 is 0 Å². The second kappa shape index (κ2) is 6.11. The van der Waals surface area contributed by atoms with E-state index in [1.54, 1.807) is 20.8 Å². The van der Waals surface area contributed by atoms with Crippen molar-refractivity contribution in [3.8, 4) is 0 Å². The second-order valence-corrected chi connectivity index (χ2v) is 8.24. The number of halogens is 3. The Labute approximate surface area is 139 Å². The van der Waals surface area contributed by atoms with E-state index in [4.69, 9.17) is 0 Å². The summed E-state index contributed by atoms with van der Waals surface area (Å²) in [5.74, 6) is -1.13. The van der Waals surface area contributed by atoms with Gasteiger partial charge in [-0.15, -0.1) is 0 Å². The van der Waals surface area contributed by atoms with Crippen LogP contribution in [0.4, 0.5) is 18.0 Å². The third-order valence-electron chi connectivity index (χ3n) is 5.09. The maximum Gasteiger partial charge on any atom is 0.408 e. The highest BCUT2D eigenvalue weighted by Crippen LogP contribution is 2.48. The van der Waals surface area contributed by atoms with Crippen molar-refractivity contribution in [2.75, 3.05) is 13.1 Å². The average Bonchev–Trinajstić information content (AvgIpc) is 2.92. The summed E-state index contributed by atoms with van der Waals surface area (Å²) in [4.78, 5) is 25.1. The van der Waals surface area contributed by atoms with E-state index in [2.05, 4.69) is 5.32 Å². The molecular formula is C16H25F3N2O3. The standard InChI is InChI=1S/C16H25F3N2O3/c1-14(2,3)7-11(16(17,18)19)20-13(24)21-8-10-5-4-6-15(10,9-21)12(22)23/h10-11H,4-9H2,1-3H3,(H,20,24)(H,22,23)/t10-,11?,15+/m0/s1. The van der Waals surface area contributed by atoms with Crippen molar-refractivity contribution in [2.24, 2.45) is 16.7 Å². The number of carboxylic acids is 1. The highest BCUT2D eigenvalue weighted by molar-refractivity contribution is 5.80. The van der Waals surface area contributed by atoms with Gasteiger partial charge < -0.3 is 15.3 Å². The zero-order chi connectivity index (χ0) is 18.3. The zero-order valence-electron chi connectivity index (χ0n) is 14.2. The highest BCUT2D eigenvalue weighted by Gasteiger charge is 2.56. The fraction of sp³-hybridized carbons (Fsp3) is 0.875. The largest absolute Gasteiger partial charge is 0.481 e. The van der Waals surface area contributed by atoms with Crippen LogP contribution in [-0.2, 0) is 4.79 Å². The summed E-state index contributed by atoms with van der Waals surface area (Å²) in [5.41, 5.74) is -1.59. The Bertz CT molecular complexity index is 516. The van der Waals surface area contributed by atoms with Crippen LogP contribution in [0.15, 0.2) is 0 Å². The van der Waals surface area contributed by atoms with E-state index >= 15 is 0 Å². The molecule has 1 aliphatic carbocycles. The fourth-order valence-corrected chi connectivity index (χ4v) is 3.89. The molecule has 2 rings (SSSR count). The van der Waals surface area contributed by atoms with Crippen LogP contribution in [0.3, 0.4) is 0 Å². The molecule has 1 saturated carbocycles. The molecule has 0 radical (unpaired) electrons. The van der Waals surface area contributed by atoms with Gasteiger partial charge >= 0.3 is 18.2 Å². The molecule has 2 N–H and O–H groups in total. The van der Waals surface area contributed by atoms with Crippen molar-refractivity contribution in [1.29, 1.82) is 0 Å². The number of nitrogens with zero attached hydrogens (tertiary/aromatic N) is 1. The van der Waals surface area contributed by atoms with Crippen LogP contribution in [-0.4, -0.2) is 47.3 Å². The van der Waals surface area contributed by atoms with Crippen LogP contribution in [0.25, 0.3) is 0 Å². The third-order valence-corrected chi connectivity index (χ3v) is 5.09. The van der Waals surface area contributed by atoms with Crippen molar-refractivity contribution < 1.29 is 27.9 Å². The minimum atomic E-state index is -4.54. The minimum Gasteiger partial charge on any atom is -0.481 e. The molecule has 0 aromatic rings. The van der Waals surface area contributed by atoms with Crippen LogP contribution < -0.4 is 5.32 Å². The first-order chi connectivity index (χ1) is 10.8. The predicted molar refractivity (Wildman–Crippen MR) is 81.4 cm³/mol. The lowest BCUT2D eigenvalue weighted by atomic mass is 9.81. The van der Waals surface area contributed by atoms with E-state index in [-0.39, 0.29) is 25.4 Å². The SMILES string of the molecule is CC(C)(C)CC(NC(=O)N1C[C@@H]2CCC[C@@]2(C(=O)O)C1)C(F)(F)F. The Morgan fingerprint density at radius 2 is 1.96 bits per heavy atom. The van der Waals surface area contributed by atoms with E-state index in [9.17, 15) is 27.9 Å². The average molecular weight is 350 g/mol. The second-order valence-electron chi connectivity index (χ2n) is 8.24. The number of rotatable bonds is 3. The molecule has 0 aromatic carbocycles. The van der Waals surface area contributed by atoms with Crippen molar-refractivity contribution in [2.45, 2.75) is 58.7 Å². The summed E-state index contributed by atoms with van der Waals surface area (Å²) >= 11 is 0. The third kappa shape index (κ3) is 3.78. The number of fused-ring (bicyclic) bond motifs is 1. The lowest BCUT2D eigenvalue weighted by Gasteiger charge is -2.30. The molecule has 5 nitrogen and oxygen atoms in total. The summed E-state index contributed by atoms with van der Waals surface area (Å²) in [5, 5.41) is 11.6. The topological polar surface area (TPSA) is 69.6 Å². The lowest BCUT2D eigenvalue weighted by molar-refractivity contribution is -0.159. The molecule has 8 heteroatoms. The number of alkyl halides is 3. The van der Waals surface area contributed by atoms with Crippen molar-refractivity contribution >= 4 is 12.0 Å². The Morgan fingerprint density at radius 3 is 2.42 bits per heavy atom. The molecule has 0 aromatic heterocycles. The summed E-state index contributed by atoms with van der Waals surface area (Å²) in [6.07, 6.45) is -2.82. The van der Waals surface area contributed by atoms with E-state index < -0.39 is 35.0 Å². The number of carbonyl (C=O) groups excluding carboxylic acids is 1. The normalized spacial score (nSPS) is 28.6. The quantitative estimate of drug-likeness (QED) is 0.821. The number of likely N-dealkylation sites (tertiary alicyclic amines) is 1. The van der Waals surface area contributed by atoms with Crippen molar-refractivity contribution in [3.63, 3.8) is 0 Å². The summed E-state index contributed by atoms with van der Waals surface area (Å²) < 4.78 is 39.6. The molecule has 1 unspecified atom stereocenters. The summed E-state index contributed by atoms with van der Waals surface area (Å²) in [6.45, 7) is 5.23. The highest BCUT2D eigenvalue weighted by atomic mass is 19.4. The van der Waals surface area contributed by atoms with Crippen LogP contribution in [0.2, 0.25) is 0 Å². The van der Waals surface area contributed by atoms with Gasteiger partial charge in [0, 0.05) is 13.1 Å². The van der Waals surface area contributed by atoms with Gasteiger partial charge in [0.1, 0.15) is 6.04 Å². The molecule has 2 fully saturated rings. The summed E-state index contributed by atoms with van der Waals surface area (Å²) in [7, 11) is 0. The van der Waals surface area contributed by atoms with E-state index in [0.717, 1.165) is 6.42 Å². The molecule has 3 atom stereocenters. The maximum absolute atomic E-state index is 13.2. The van der Waals surface area contributed by atoms with Gasteiger partial charge in [0.25, 0.3) is 0 Å². The molecule has 0 spiro atoms. The monoisotopic (exact) mass is 350 g/mol. The lowest BCUT2D eigenvalue weighted by Crippen LogP contribution is -2.52. The number of urea groups is 1. The molecule has 0 bridgehead atoms. The van der Waals surface area contributed by atoms with Gasteiger partial charge in [-0.2, -0.15) is 13.2 Å². The van der Waals surface area contributed by atoms with E-state index in [0.29, 0.717) is 12.8 Å². The number of aliphatic carboxylic acids is 1. The number of carbonyl (C=O) groups is 2. The number of amides is 2. The van der Waals surface area contributed by atoms with Crippen LogP contribution in [0, 0.1) is 16.7 Å². The number of hydrogen-bond acceptors (Lipinski definition) is 2. The first-order valence-electron chi connectivity index (χ1n) is 8.21. The zero-order valence-corrected chi connectivity index (χ0v) is 14.2. The summed E-state index contributed by atoms with van der Waals surface area (Å²) in [6, 6.07) is -2.76. The molecule has 138 valence electrons. The van der Waals surface area contributed by atoms with E-state index in [1.807, 2.05) is 0 Å². The Kier molecular flexibility index (Phi) is 4.80. The Balaban J connectivity index is 2.08. The van der Waals surface area contributed by atoms with Crippen LogP contribution in [0.5, 0.6) is 0 Å². The van der Waals surface area contributed by atoms with Crippen molar-refractivity contribution in [3.05, 3.63) is 0 Å². The number of carboxylic acid groups (broad SMARTS) is 1. The van der Waals surface area contributed by atoms with Gasteiger partial charge in [-0.25, -0.2) is 4.79 Å². The number of nitrogens with one attached hydrogen (secondary N) is 1. The molecule has 2 amide bonds. The van der Waals surface area contributed by atoms with Crippen LogP contribution in [0.1, 0.15) is 46.5 Å². The van der Waals surface area contributed by atoms with E-state index in [1.165, 1.54) is 4.90 Å². The first kappa shape index (κ1) is 18.9. The molecule has 1 aliphatic heterocycles. The van der Waals surface area contributed by atoms with Gasteiger partial charge in [0.15, 0.2) is 0 Å². The predicted octanol–water partition coefficient (Wildman–Crippen LogP) is 3.25. The Morgan fingerprint density at radius 1 is 1.33 bits per heavy atom. The van der Waals surface area contributed by atoms with Gasteiger partial charge in [-0.3, -0.25) is 4.79 Å². The molecule has 1 saturated heterocycles. The maximum atomic E-state index is 13.2. The van der Waals surface area contributed by atoms with Gasteiger partial charge in [-0.1, -0.05) is 27.2 Å². The minimum absolute atomic E-state index is 0.0150. The molecule has 24 heavy (non-hydrogen) atoms. The molecule has 1 heterocycles. The van der Waals surface area contributed by atoms with Crippen molar-refractivity contribution in [1.82, 2.24) is 10.2 Å². The Hall–Kier alpha value is -1.47. The van der Waals surface area contributed by atoms with Gasteiger partial charge in [0.2, 0.25) is 0 Å². The smallest absolute Gasteiger partial charge is 0.408 e.